The Kier molecular flexibility index (Phi) is 8.12. The van der Waals surface area contributed by atoms with Crippen molar-refractivity contribution in [3.05, 3.63) is 54.1 Å². The Bertz CT molecular complexity index is 711. The predicted octanol–water partition coefficient (Wildman–Crippen LogP) is 2.23. The number of phenolic OH excluding ortho intramolecular Hbond substituents is 1. The summed E-state index contributed by atoms with van der Waals surface area (Å²) in [5.41, 5.74) is 2.42. The zero-order valence-corrected chi connectivity index (χ0v) is 15.4. The van der Waals surface area contributed by atoms with Gasteiger partial charge in [0.05, 0.1) is 6.61 Å². The summed E-state index contributed by atoms with van der Waals surface area (Å²) in [6, 6.07) is 14.1. The first-order valence-corrected chi connectivity index (χ1v) is 8.85. The number of phenols is 1. The third kappa shape index (κ3) is 6.63. The van der Waals surface area contributed by atoms with Crippen LogP contribution in [0.4, 0.5) is 11.4 Å². The zero-order chi connectivity index (χ0) is 19.5. The number of benzene rings is 2. The van der Waals surface area contributed by atoms with Gasteiger partial charge in [-0.15, -0.1) is 0 Å². The Balaban J connectivity index is 0.000000465. The third-order valence-corrected chi connectivity index (χ3v) is 3.97. The van der Waals surface area contributed by atoms with Crippen LogP contribution in [0.2, 0.25) is 0 Å². The van der Waals surface area contributed by atoms with Gasteiger partial charge in [-0.05, 0) is 55.5 Å². The fourth-order valence-corrected chi connectivity index (χ4v) is 2.56. The molecule has 1 aliphatic heterocycles. The second-order valence-corrected chi connectivity index (χ2v) is 5.84. The highest BCUT2D eigenvalue weighted by molar-refractivity contribution is 6.04. The molecule has 1 fully saturated rings. The van der Waals surface area contributed by atoms with E-state index in [9.17, 15) is 14.7 Å². The summed E-state index contributed by atoms with van der Waals surface area (Å²) in [7, 11) is 0. The second kappa shape index (κ2) is 10.8. The normalized spacial score (nSPS) is 13.1. The van der Waals surface area contributed by atoms with Crippen molar-refractivity contribution < 1.29 is 19.4 Å². The monoisotopic (exact) mass is 371 g/mol. The fourth-order valence-electron chi connectivity index (χ4n) is 2.56. The van der Waals surface area contributed by atoms with Gasteiger partial charge < -0.3 is 25.4 Å². The van der Waals surface area contributed by atoms with Gasteiger partial charge in [-0.3, -0.25) is 9.59 Å². The lowest BCUT2D eigenvalue weighted by atomic mass is 10.1. The van der Waals surface area contributed by atoms with E-state index >= 15 is 0 Å². The van der Waals surface area contributed by atoms with Gasteiger partial charge in [-0.25, -0.2) is 0 Å². The maximum atomic E-state index is 12.2. The van der Waals surface area contributed by atoms with Crippen molar-refractivity contribution in [2.45, 2.75) is 6.92 Å². The molecule has 27 heavy (non-hydrogen) atoms. The molecule has 144 valence electrons. The minimum absolute atomic E-state index is 0.155. The van der Waals surface area contributed by atoms with E-state index in [0.29, 0.717) is 24.3 Å². The Morgan fingerprint density at radius 1 is 1.15 bits per heavy atom. The van der Waals surface area contributed by atoms with E-state index < -0.39 is 0 Å². The van der Waals surface area contributed by atoms with Crippen LogP contribution in [-0.4, -0.2) is 50.3 Å². The van der Waals surface area contributed by atoms with Crippen molar-refractivity contribution in [1.29, 1.82) is 0 Å². The average Bonchev–Trinajstić information content (AvgIpc) is 2.71. The SMILES string of the molecule is CCOC=O.O=C(Nc1ccc(O)cc1)c1ccc(N2CCNCC2)cc1. The van der Waals surface area contributed by atoms with Crippen LogP contribution in [0.3, 0.4) is 0 Å². The highest BCUT2D eigenvalue weighted by Gasteiger charge is 2.11. The lowest BCUT2D eigenvalue weighted by Crippen LogP contribution is -2.43. The summed E-state index contributed by atoms with van der Waals surface area (Å²) in [4.78, 5) is 23.7. The molecule has 0 radical (unpaired) electrons. The van der Waals surface area contributed by atoms with Gasteiger partial charge in [-0.2, -0.15) is 0 Å². The van der Waals surface area contributed by atoms with Gasteiger partial charge in [0.25, 0.3) is 12.4 Å². The number of nitrogens with zero attached hydrogens (tertiary/aromatic N) is 1. The van der Waals surface area contributed by atoms with E-state index in [0.717, 1.165) is 31.9 Å². The molecule has 0 unspecified atom stereocenters. The zero-order valence-electron chi connectivity index (χ0n) is 15.4. The number of carbonyl (C=O) groups is 2. The molecule has 3 N–H and O–H groups in total. The van der Waals surface area contributed by atoms with E-state index in [1.807, 2.05) is 24.3 Å². The van der Waals surface area contributed by atoms with Crippen molar-refractivity contribution in [3.8, 4) is 5.75 Å². The Hall–Kier alpha value is -3.06. The average molecular weight is 371 g/mol. The molecule has 0 atom stereocenters. The molecule has 2 aromatic rings. The summed E-state index contributed by atoms with van der Waals surface area (Å²) in [5, 5.41) is 15.4. The topological polar surface area (TPSA) is 90.9 Å². The van der Waals surface area contributed by atoms with Crippen LogP contribution in [-0.2, 0) is 9.53 Å². The van der Waals surface area contributed by atoms with Gasteiger partial charge in [0.15, 0.2) is 0 Å². The van der Waals surface area contributed by atoms with Gasteiger partial charge in [-0.1, -0.05) is 0 Å². The Morgan fingerprint density at radius 3 is 2.30 bits per heavy atom. The molecule has 7 heteroatoms. The summed E-state index contributed by atoms with van der Waals surface area (Å²) >= 11 is 0. The van der Waals surface area contributed by atoms with Gasteiger partial charge in [0.2, 0.25) is 0 Å². The maximum absolute atomic E-state index is 12.2. The highest BCUT2D eigenvalue weighted by Crippen LogP contribution is 2.18. The third-order valence-electron chi connectivity index (χ3n) is 3.97. The quantitative estimate of drug-likeness (QED) is 0.552. The number of hydrogen-bond donors (Lipinski definition) is 3. The predicted molar refractivity (Wildman–Crippen MR) is 105 cm³/mol. The molecular weight excluding hydrogens is 346 g/mol. The molecule has 1 saturated heterocycles. The lowest BCUT2D eigenvalue weighted by molar-refractivity contribution is -0.128. The highest BCUT2D eigenvalue weighted by atomic mass is 16.5. The van der Waals surface area contributed by atoms with Crippen molar-refractivity contribution >= 4 is 23.8 Å². The first-order valence-electron chi connectivity index (χ1n) is 8.85. The summed E-state index contributed by atoms with van der Waals surface area (Å²) in [5.74, 6) is 0.0240. The number of piperazine rings is 1. The molecule has 0 spiro atoms. The number of rotatable bonds is 5. The molecule has 1 aliphatic rings. The van der Waals surface area contributed by atoms with Crippen molar-refractivity contribution in [1.82, 2.24) is 5.32 Å². The van der Waals surface area contributed by atoms with E-state index in [4.69, 9.17) is 0 Å². The number of aromatic hydroxyl groups is 1. The minimum Gasteiger partial charge on any atom is -0.508 e. The number of hydrogen-bond acceptors (Lipinski definition) is 6. The number of ether oxygens (including phenoxy) is 1. The van der Waals surface area contributed by atoms with Crippen LogP contribution in [0, 0.1) is 0 Å². The van der Waals surface area contributed by atoms with Crippen LogP contribution in [0.15, 0.2) is 48.5 Å². The summed E-state index contributed by atoms with van der Waals surface area (Å²) < 4.78 is 4.15. The van der Waals surface area contributed by atoms with E-state index in [-0.39, 0.29) is 11.7 Å². The van der Waals surface area contributed by atoms with Crippen LogP contribution in [0.1, 0.15) is 17.3 Å². The number of nitrogens with one attached hydrogen (secondary N) is 2. The smallest absolute Gasteiger partial charge is 0.293 e. The molecule has 0 aromatic heterocycles. The number of anilines is 2. The molecule has 1 amide bonds. The van der Waals surface area contributed by atoms with Crippen LogP contribution in [0.25, 0.3) is 0 Å². The molecule has 0 bridgehead atoms. The molecule has 2 aromatic carbocycles. The van der Waals surface area contributed by atoms with Gasteiger partial charge >= 0.3 is 0 Å². The van der Waals surface area contributed by atoms with Gasteiger partial charge in [0.1, 0.15) is 5.75 Å². The number of carbonyl (C=O) groups excluding carboxylic acids is 2. The van der Waals surface area contributed by atoms with Gasteiger partial charge in [0, 0.05) is 43.1 Å². The second-order valence-electron chi connectivity index (χ2n) is 5.84. The molecule has 0 saturated carbocycles. The van der Waals surface area contributed by atoms with Crippen LogP contribution >= 0.6 is 0 Å². The molecular formula is C20H25N3O4. The number of amides is 1. The Labute approximate surface area is 158 Å². The van der Waals surface area contributed by atoms with Crippen molar-refractivity contribution in [2.75, 3.05) is 43.0 Å². The Morgan fingerprint density at radius 2 is 1.78 bits per heavy atom. The van der Waals surface area contributed by atoms with E-state index in [1.54, 1.807) is 31.2 Å². The summed E-state index contributed by atoms with van der Waals surface area (Å²) in [6.45, 7) is 6.61. The molecule has 0 aliphatic carbocycles. The lowest BCUT2D eigenvalue weighted by Gasteiger charge is -2.29. The molecule has 1 heterocycles. The summed E-state index contributed by atoms with van der Waals surface area (Å²) in [6.07, 6.45) is 0. The first kappa shape index (κ1) is 20.3. The molecule has 3 rings (SSSR count). The van der Waals surface area contributed by atoms with Crippen LogP contribution in [0.5, 0.6) is 5.75 Å². The van der Waals surface area contributed by atoms with Crippen LogP contribution < -0.4 is 15.5 Å². The first-order chi connectivity index (χ1) is 13.1. The van der Waals surface area contributed by atoms with Crippen molar-refractivity contribution in [2.24, 2.45) is 0 Å². The largest absolute Gasteiger partial charge is 0.508 e. The molecule has 7 nitrogen and oxygen atoms in total. The standard InChI is InChI=1S/C17H19N3O2.C3H6O2/c21-16-7-3-14(4-8-16)19-17(22)13-1-5-15(6-2-13)20-11-9-18-10-12-20;1-2-5-3-4/h1-8,18,21H,9-12H2,(H,19,22);3H,2H2,1H3. The van der Waals surface area contributed by atoms with Crippen molar-refractivity contribution in [3.63, 3.8) is 0 Å². The van der Waals surface area contributed by atoms with E-state index in [1.165, 1.54) is 0 Å². The maximum Gasteiger partial charge on any atom is 0.293 e. The van der Waals surface area contributed by atoms with E-state index in [2.05, 4.69) is 20.3 Å². The fraction of sp³-hybridized carbons (Fsp3) is 0.300. The minimum atomic E-state index is -0.155.